The Bertz CT molecular complexity index is 481. The molecule has 1 aromatic heterocycles. The summed E-state index contributed by atoms with van der Waals surface area (Å²) in [5.41, 5.74) is -0.838. The molecule has 1 amide bonds. The van der Waals surface area contributed by atoms with E-state index in [0.717, 1.165) is 12.8 Å². The van der Waals surface area contributed by atoms with Gasteiger partial charge in [-0.15, -0.1) is 0 Å². The highest BCUT2D eigenvalue weighted by atomic mass is 79.9. The van der Waals surface area contributed by atoms with Crippen molar-refractivity contribution in [2.75, 3.05) is 6.61 Å². The van der Waals surface area contributed by atoms with Crippen LogP contribution in [-0.2, 0) is 4.74 Å². The molecule has 110 valence electrons. The zero-order chi connectivity index (χ0) is 14.8. The second kappa shape index (κ2) is 5.55. The Morgan fingerprint density at radius 2 is 2.10 bits per heavy atom. The number of amides is 1. The van der Waals surface area contributed by atoms with Crippen molar-refractivity contribution in [3.8, 4) is 5.88 Å². The number of hydrogen-bond donors (Lipinski definition) is 1. The van der Waals surface area contributed by atoms with Crippen LogP contribution in [0.3, 0.4) is 0 Å². The van der Waals surface area contributed by atoms with Crippen LogP contribution in [0.1, 0.15) is 33.6 Å². The van der Waals surface area contributed by atoms with E-state index in [2.05, 4.69) is 31.2 Å². The lowest BCUT2D eigenvalue weighted by molar-refractivity contribution is 0.0476. The van der Waals surface area contributed by atoms with Gasteiger partial charge in [0.15, 0.2) is 0 Å². The second-order valence-corrected chi connectivity index (χ2v) is 6.69. The highest BCUT2D eigenvalue weighted by molar-refractivity contribution is 9.10. The Kier molecular flexibility index (Phi) is 4.17. The van der Waals surface area contributed by atoms with Crippen LogP contribution < -0.4 is 10.1 Å². The first kappa shape index (κ1) is 15.0. The first-order chi connectivity index (χ1) is 9.28. The number of hydrogen-bond acceptors (Lipinski definition) is 5. The molecule has 1 fully saturated rings. The number of carbonyl (C=O) groups is 1. The third-order valence-corrected chi connectivity index (χ3v) is 3.12. The average Bonchev–Trinajstić information content (AvgIpc) is 3.06. The van der Waals surface area contributed by atoms with Gasteiger partial charge in [0.25, 0.3) is 0 Å². The zero-order valence-electron chi connectivity index (χ0n) is 11.8. The summed E-state index contributed by atoms with van der Waals surface area (Å²) < 4.78 is 11.4. The molecule has 0 unspecified atom stereocenters. The summed E-state index contributed by atoms with van der Waals surface area (Å²) in [5, 5.41) is 2.86. The van der Waals surface area contributed by atoms with Gasteiger partial charge in [-0.05, 0) is 49.5 Å². The van der Waals surface area contributed by atoms with Crippen molar-refractivity contribution in [2.45, 2.75) is 44.8 Å². The summed E-state index contributed by atoms with van der Waals surface area (Å²) >= 11 is 3.21. The predicted molar refractivity (Wildman–Crippen MR) is 76.6 cm³/mol. The van der Waals surface area contributed by atoms with E-state index >= 15 is 0 Å². The van der Waals surface area contributed by atoms with Gasteiger partial charge in [-0.2, -0.15) is 0 Å². The average molecular weight is 344 g/mol. The second-order valence-electron chi connectivity index (χ2n) is 5.87. The van der Waals surface area contributed by atoms with Crippen molar-refractivity contribution >= 4 is 22.0 Å². The van der Waals surface area contributed by atoms with Crippen molar-refractivity contribution in [1.29, 1.82) is 0 Å². The molecular formula is C13H18BrN3O3. The van der Waals surface area contributed by atoms with Crippen LogP contribution in [0.5, 0.6) is 5.88 Å². The maximum Gasteiger partial charge on any atom is 0.408 e. The van der Waals surface area contributed by atoms with Crippen molar-refractivity contribution in [3.63, 3.8) is 0 Å². The van der Waals surface area contributed by atoms with E-state index in [1.807, 2.05) is 20.8 Å². The Morgan fingerprint density at radius 3 is 2.60 bits per heavy atom. The zero-order valence-corrected chi connectivity index (χ0v) is 13.4. The normalized spacial score (nSPS) is 16.4. The molecule has 1 aliphatic carbocycles. The summed E-state index contributed by atoms with van der Waals surface area (Å²) in [4.78, 5) is 19.8. The van der Waals surface area contributed by atoms with Gasteiger partial charge < -0.3 is 14.8 Å². The molecule has 20 heavy (non-hydrogen) atoms. The van der Waals surface area contributed by atoms with Gasteiger partial charge in [0.05, 0.1) is 17.9 Å². The number of halogens is 1. The molecular weight excluding hydrogens is 326 g/mol. The van der Waals surface area contributed by atoms with E-state index in [4.69, 9.17) is 9.47 Å². The highest BCUT2D eigenvalue weighted by Crippen LogP contribution is 2.36. The summed E-state index contributed by atoms with van der Waals surface area (Å²) in [6.45, 7) is 5.86. The molecule has 0 spiro atoms. The van der Waals surface area contributed by atoms with Crippen molar-refractivity contribution < 1.29 is 14.3 Å². The SMILES string of the molecule is CC(C)(C)OC(=O)NC1(COc2cnc(Br)cn2)CC1. The minimum atomic E-state index is -0.502. The van der Waals surface area contributed by atoms with Crippen LogP contribution in [0.2, 0.25) is 0 Å². The Balaban J connectivity index is 1.83. The van der Waals surface area contributed by atoms with E-state index in [0.29, 0.717) is 17.1 Å². The first-order valence-corrected chi connectivity index (χ1v) is 7.19. The van der Waals surface area contributed by atoms with Crippen LogP contribution in [0.4, 0.5) is 4.79 Å². The number of carbonyl (C=O) groups excluding carboxylic acids is 1. The number of alkyl carbamates (subject to hydrolysis) is 1. The maximum atomic E-state index is 11.7. The van der Waals surface area contributed by atoms with Gasteiger partial charge in [0.2, 0.25) is 5.88 Å². The van der Waals surface area contributed by atoms with Crippen LogP contribution >= 0.6 is 15.9 Å². The number of ether oxygens (including phenoxy) is 2. The Morgan fingerprint density at radius 1 is 1.40 bits per heavy atom. The Labute approximate surface area is 126 Å². The van der Waals surface area contributed by atoms with E-state index in [-0.39, 0.29) is 5.54 Å². The minimum Gasteiger partial charge on any atom is -0.474 e. The Hall–Kier alpha value is -1.37. The summed E-state index contributed by atoms with van der Waals surface area (Å²) in [6.07, 6.45) is 4.43. The van der Waals surface area contributed by atoms with Gasteiger partial charge in [0.1, 0.15) is 16.8 Å². The predicted octanol–water partition coefficient (Wildman–Crippen LogP) is 2.68. The lowest BCUT2D eigenvalue weighted by atomic mass is 10.2. The molecule has 0 saturated heterocycles. The molecule has 1 aliphatic rings. The number of nitrogens with zero attached hydrogens (tertiary/aromatic N) is 2. The maximum absolute atomic E-state index is 11.7. The fraction of sp³-hybridized carbons (Fsp3) is 0.615. The molecule has 0 atom stereocenters. The molecule has 0 aliphatic heterocycles. The van der Waals surface area contributed by atoms with Crippen LogP contribution in [0, 0.1) is 0 Å². The topological polar surface area (TPSA) is 73.3 Å². The monoisotopic (exact) mass is 343 g/mol. The van der Waals surface area contributed by atoms with E-state index in [1.165, 1.54) is 6.20 Å². The lowest BCUT2D eigenvalue weighted by Crippen LogP contribution is -2.44. The molecule has 1 heterocycles. The third kappa shape index (κ3) is 4.63. The van der Waals surface area contributed by atoms with E-state index in [9.17, 15) is 4.79 Å². The molecule has 2 rings (SSSR count). The van der Waals surface area contributed by atoms with Crippen LogP contribution in [-0.4, -0.2) is 33.8 Å². The summed E-state index contributed by atoms with van der Waals surface area (Å²) in [7, 11) is 0. The third-order valence-electron chi connectivity index (χ3n) is 2.71. The number of aromatic nitrogens is 2. The molecule has 0 aromatic carbocycles. The molecule has 1 aromatic rings. The summed E-state index contributed by atoms with van der Waals surface area (Å²) in [5.74, 6) is 0.436. The smallest absolute Gasteiger partial charge is 0.408 e. The minimum absolute atomic E-state index is 0.336. The van der Waals surface area contributed by atoms with Gasteiger partial charge in [-0.1, -0.05) is 0 Å². The summed E-state index contributed by atoms with van der Waals surface area (Å²) in [6, 6.07) is 0. The van der Waals surface area contributed by atoms with Crippen molar-refractivity contribution in [2.24, 2.45) is 0 Å². The van der Waals surface area contributed by atoms with E-state index in [1.54, 1.807) is 6.20 Å². The van der Waals surface area contributed by atoms with Gasteiger partial charge >= 0.3 is 6.09 Å². The molecule has 0 radical (unpaired) electrons. The molecule has 7 heteroatoms. The van der Waals surface area contributed by atoms with Gasteiger partial charge in [-0.25, -0.2) is 14.8 Å². The fourth-order valence-electron chi connectivity index (χ4n) is 1.56. The van der Waals surface area contributed by atoms with E-state index < -0.39 is 11.7 Å². The molecule has 0 bridgehead atoms. The standard InChI is InChI=1S/C13H18BrN3O3/c1-12(2,3)20-11(18)17-13(4-5-13)8-19-10-7-15-9(14)6-16-10/h6-7H,4-5,8H2,1-3H3,(H,17,18). The molecule has 1 saturated carbocycles. The van der Waals surface area contributed by atoms with Crippen LogP contribution in [0.15, 0.2) is 17.0 Å². The number of rotatable bonds is 4. The molecule has 1 N–H and O–H groups in total. The largest absolute Gasteiger partial charge is 0.474 e. The lowest BCUT2D eigenvalue weighted by Gasteiger charge is -2.23. The van der Waals surface area contributed by atoms with Crippen molar-refractivity contribution in [3.05, 3.63) is 17.0 Å². The highest BCUT2D eigenvalue weighted by Gasteiger charge is 2.46. The quantitative estimate of drug-likeness (QED) is 0.909. The van der Waals surface area contributed by atoms with Gasteiger partial charge in [0, 0.05) is 0 Å². The molecule has 6 nitrogen and oxygen atoms in total. The first-order valence-electron chi connectivity index (χ1n) is 6.40. The van der Waals surface area contributed by atoms with Gasteiger partial charge in [-0.3, -0.25) is 0 Å². The van der Waals surface area contributed by atoms with Crippen LogP contribution in [0.25, 0.3) is 0 Å². The number of nitrogens with one attached hydrogen (secondary N) is 1. The van der Waals surface area contributed by atoms with Crippen molar-refractivity contribution in [1.82, 2.24) is 15.3 Å². The fourth-order valence-corrected chi connectivity index (χ4v) is 1.77.